The highest BCUT2D eigenvalue weighted by Gasteiger charge is 2.59. The average molecular weight is 777 g/mol. The summed E-state index contributed by atoms with van der Waals surface area (Å²) in [4.78, 5) is 20.9. The Labute approximate surface area is 317 Å². The molecule has 0 radical (unpaired) electrons. The average Bonchev–Trinajstić information content (AvgIpc) is 3.94. The number of nitrogens with zero attached hydrogens (tertiary/aromatic N) is 8. The minimum atomic E-state index is -1.96. The van der Waals surface area contributed by atoms with E-state index in [0.717, 1.165) is 0 Å². The van der Waals surface area contributed by atoms with Crippen molar-refractivity contribution in [1.82, 2.24) is 29.2 Å². The molecule has 0 aromatic carbocycles. The number of fused-ring (bicyclic) bond motifs is 2. The van der Waals surface area contributed by atoms with Crippen molar-refractivity contribution in [2.75, 3.05) is 24.7 Å². The van der Waals surface area contributed by atoms with Crippen LogP contribution in [0.3, 0.4) is 0 Å². The zero-order valence-electron chi connectivity index (χ0n) is 29.8. The molecule has 0 amide bonds. The molecular weight excluding hydrogens is 736 g/mol. The first-order valence-corrected chi connectivity index (χ1v) is 18.2. The number of rotatable bonds is 8. The van der Waals surface area contributed by atoms with Crippen molar-refractivity contribution < 1.29 is 53.6 Å². The van der Waals surface area contributed by atoms with E-state index in [0.29, 0.717) is 23.9 Å². The van der Waals surface area contributed by atoms with Crippen LogP contribution < -0.4 is 11.5 Å². The van der Waals surface area contributed by atoms with Crippen molar-refractivity contribution in [1.29, 1.82) is 10.5 Å². The van der Waals surface area contributed by atoms with Crippen molar-refractivity contribution in [2.45, 2.75) is 111 Å². The molecule has 4 saturated heterocycles. The molecule has 8 heterocycles. The van der Waals surface area contributed by atoms with Crippen LogP contribution in [0.25, 0.3) is 11.0 Å². The van der Waals surface area contributed by atoms with E-state index in [4.69, 9.17) is 39.9 Å². The van der Waals surface area contributed by atoms with Gasteiger partial charge in [-0.15, -0.1) is 0 Å². The number of aliphatic hydroxyl groups excluding tert-OH is 4. The van der Waals surface area contributed by atoms with Gasteiger partial charge in [0.15, 0.2) is 11.6 Å². The standard InChI is InChI=1S/C35H40N10O11/c36-13-34(25-3-1-21-31(38)40-15-42-44(21)25)29(48)27(46)23(55-34)11-19-9-17(5-7-51-19)53-33(50)54-18-6-8-52-20(10-18)12-24-28(47)30(49)35(14-37,56-24)26-4-2-22-32(39)41-16-43-45(22)26/h1-4,15-20,23-24,27-30,46-49H,5-12H2,(H2,38,40,42)(H2,39,41,43)/t17?,18?,19?,20?,23-,24-,27-,28-,29-,30-,34+,35+/m1/s1. The van der Waals surface area contributed by atoms with Crippen LogP contribution in [0, 0.1) is 22.7 Å². The fourth-order valence-electron chi connectivity index (χ4n) is 8.26. The van der Waals surface area contributed by atoms with Crippen LogP contribution >= 0.6 is 0 Å². The fourth-order valence-corrected chi connectivity index (χ4v) is 8.26. The summed E-state index contributed by atoms with van der Waals surface area (Å²) in [5, 5.41) is 73.0. The number of nitrogens with two attached hydrogens (primary N) is 2. The number of aromatic nitrogens is 6. The summed E-state index contributed by atoms with van der Waals surface area (Å²) in [5.74, 6) is 0.322. The Morgan fingerprint density at radius 3 is 1.61 bits per heavy atom. The van der Waals surface area contributed by atoms with Crippen molar-refractivity contribution in [3.05, 3.63) is 48.3 Å². The Morgan fingerprint density at radius 1 is 0.768 bits per heavy atom. The van der Waals surface area contributed by atoms with Gasteiger partial charge < -0.3 is 60.3 Å². The molecule has 21 nitrogen and oxygen atoms in total. The molecule has 4 aliphatic heterocycles. The lowest BCUT2D eigenvalue weighted by Gasteiger charge is -2.33. The topological polar surface area (TPSA) is 313 Å². The Balaban J connectivity index is 0.854. The van der Waals surface area contributed by atoms with Gasteiger partial charge in [-0.25, -0.2) is 23.8 Å². The third kappa shape index (κ3) is 6.31. The summed E-state index contributed by atoms with van der Waals surface area (Å²) in [7, 11) is 0. The first-order valence-electron chi connectivity index (χ1n) is 18.2. The molecule has 21 heteroatoms. The van der Waals surface area contributed by atoms with E-state index < -0.39 is 78.4 Å². The lowest BCUT2D eigenvalue weighted by atomic mass is 9.91. The molecule has 296 valence electrons. The summed E-state index contributed by atoms with van der Waals surface area (Å²) in [5.41, 5.74) is 9.11. The number of nitrogen functional groups attached to an aromatic ring is 2. The number of carbonyl (C=O) groups is 1. The molecule has 0 bridgehead atoms. The van der Waals surface area contributed by atoms with Gasteiger partial charge in [0, 0.05) is 38.5 Å². The number of hydrogen-bond acceptors (Lipinski definition) is 19. The molecular formula is C35H40N10O11. The molecule has 4 fully saturated rings. The summed E-state index contributed by atoms with van der Waals surface area (Å²) >= 11 is 0. The minimum absolute atomic E-state index is 0.0814. The van der Waals surface area contributed by atoms with Gasteiger partial charge in [-0.2, -0.15) is 20.7 Å². The van der Waals surface area contributed by atoms with E-state index >= 15 is 0 Å². The molecule has 8 rings (SSSR count). The molecule has 0 aliphatic carbocycles. The van der Waals surface area contributed by atoms with E-state index in [1.54, 1.807) is 12.1 Å². The van der Waals surface area contributed by atoms with Gasteiger partial charge in [0.25, 0.3) is 0 Å². The first kappa shape index (κ1) is 37.7. The number of nitriles is 2. The maximum Gasteiger partial charge on any atom is 0.508 e. The summed E-state index contributed by atoms with van der Waals surface area (Å²) < 4.78 is 38.0. The second-order valence-electron chi connectivity index (χ2n) is 14.4. The highest BCUT2D eigenvalue weighted by atomic mass is 16.7. The largest absolute Gasteiger partial charge is 0.508 e. The van der Waals surface area contributed by atoms with Crippen LogP contribution in [-0.4, -0.2) is 130 Å². The number of ether oxygens (including phenoxy) is 6. The predicted octanol–water partition coefficient (Wildman–Crippen LogP) is -0.656. The van der Waals surface area contributed by atoms with Gasteiger partial charge in [0.05, 0.1) is 49.0 Å². The smallest absolute Gasteiger partial charge is 0.431 e. The van der Waals surface area contributed by atoms with Gasteiger partial charge in [-0.05, 0) is 24.3 Å². The van der Waals surface area contributed by atoms with Crippen molar-refractivity contribution in [2.24, 2.45) is 0 Å². The van der Waals surface area contributed by atoms with E-state index in [1.807, 2.05) is 12.1 Å². The Hall–Kier alpha value is -5.23. The molecule has 8 N–H and O–H groups in total. The van der Waals surface area contributed by atoms with Gasteiger partial charge in [0.1, 0.15) is 72.5 Å². The lowest BCUT2D eigenvalue weighted by Crippen LogP contribution is -2.41. The second-order valence-corrected chi connectivity index (χ2v) is 14.4. The normalized spacial score (nSPS) is 36.0. The molecule has 56 heavy (non-hydrogen) atoms. The molecule has 0 spiro atoms. The van der Waals surface area contributed by atoms with Gasteiger partial charge in [0.2, 0.25) is 11.2 Å². The predicted molar refractivity (Wildman–Crippen MR) is 185 cm³/mol. The molecule has 12 atom stereocenters. The summed E-state index contributed by atoms with van der Waals surface area (Å²) in [6.45, 7) is 0.463. The lowest BCUT2D eigenvalue weighted by molar-refractivity contribution is -0.115. The van der Waals surface area contributed by atoms with Crippen molar-refractivity contribution in [3.8, 4) is 12.1 Å². The second kappa shape index (κ2) is 14.7. The quantitative estimate of drug-likeness (QED) is 0.121. The third-order valence-electron chi connectivity index (χ3n) is 11.1. The van der Waals surface area contributed by atoms with E-state index in [9.17, 15) is 35.7 Å². The minimum Gasteiger partial charge on any atom is -0.431 e. The SMILES string of the molecule is N#C[C@@]1(c2ccc3c(N)ncnn23)O[C@H](CC2CC(OC(=O)OC3CCOC(C[C@H]4O[C@@](C#N)(c5ccc6c(N)ncnn56)[C@H](O)[C@@H]4O)C3)CCO2)[C@@H](O)[C@H]1O. The molecule has 0 saturated carbocycles. The van der Waals surface area contributed by atoms with Gasteiger partial charge >= 0.3 is 6.16 Å². The van der Waals surface area contributed by atoms with Crippen LogP contribution in [-0.2, 0) is 39.6 Å². The number of anilines is 2. The number of hydrogen-bond donors (Lipinski definition) is 6. The first-order chi connectivity index (χ1) is 27.0. The molecule has 4 aromatic rings. The van der Waals surface area contributed by atoms with E-state index in [-0.39, 0.29) is 61.9 Å². The van der Waals surface area contributed by atoms with Crippen molar-refractivity contribution >= 4 is 28.8 Å². The van der Waals surface area contributed by atoms with Crippen molar-refractivity contribution in [3.63, 3.8) is 0 Å². The maximum atomic E-state index is 13.0. The third-order valence-corrected chi connectivity index (χ3v) is 11.1. The zero-order chi connectivity index (χ0) is 39.4. The number of aliphatic hydroxyl groups is 4. The Kier molecular flexibility index (Phi) is 9.88. The molecule has 4 aliphatic rings. The fraction of sp³-hybridized carbons (Fsp3) is 0.571. The summed E-state index contributed by atoms with van der Waals surface area (Å²) in [6, 6.07) is 10.3. The molecule has 4 unspecified atom stereocenters. The van der Waals surface area contributed by atoms with Crippen LogP contribution in [0.4, 0.5) is 16.4 Å². The van der Waals surface area contributed by atoms with Gasteiger partial charge in [-0.3, -0.25) is 0 Å². The van der Waals surface area contributed by atoms with Crippen LogP contribution in [0.5, 0.6) is 0 Å². The monoisotopic (exact) mass is 776 g/mol. The van der Waals surface area contributed by atoms with E-state index in [1.165, 1.54) is 33.8 Å². The Morgan fingerprint density at radius 2 is 1.20 bits per heavy atom. The van der Waals surface area contributed by atoms with E-state index in [2.05, 4.69) is 20.2 Å². The highest BCUT2D eigenvalue weighted by molar-refractivity contribution is 5.67. The van der Waals surface area contributed by atoms with Crippen LogP contribution in [0.15, 0.2) is 36.9 Å². The Bertz CT molecular complexity index is 2040. The number of carbonyl (C=O) groups excluding carboxylic acids is 1. The van der Waals surface area contributed by atoms with Gasteiger partial charge in [-0.1, -0.05) is 0 Å². The zero-order valence-corrected chi connectivity index (χ0v) is 29.8. The van der Waals surface area contributed by atoms with Crippen LogP contribution in [0.2, 0.25) is 0 Å². The maximum absolute atomic E-state index is 13.0. The molecule has 4 aromatic heterocycles. The van der Waals surface area contributed by atoms with Crippen LogP contribution in [0.1, 0.15) is 49.9 Å². The highest BCUT2D eigenvalue weighted by Crippen LogP contribution is 2.44. The summed E-state index contributed by atoms with van der Waals surface area (Å²) in [6.07, 6.45) is -7.55.